The lowest BCUT2D eigenvalue weighted by molar-refractivity contribution is 0.178. The summed E-state index contributed by atoms with van der Waals surface area (Å²) in [5, 5.41) is 13.7. The van der Waals surface area contributed by atoms with Gasteiger partial charge < -0.3 is 14.8 Å². The SMILES string of the molecule is CNC[C@@H](O)c1ccc2ccoc2c1. The molecule has 1 heterocycles. The number of aliphatic hydroxyl groups is 1. The molecule has 0 amide bonds. The molecule has 1 atom stereocenters. The standard InChI is InChI=1S/C11H13NO2/c1-12-7-10(13)9-3-2-8-4-5-14-11(8)6-9/h2-6,10,12-13H,7H2,1H3/t10-/m1/s1. The molecule has 3 heteroatoms. The molecular formula is C11H13NO2. The fraction of sp³-hybridized carbons (Fsp3) is 0.273. The molecule has 0 radical (unpaired) electrons. The molecule has 2 rings (SSSR count). The first-order valence-corrected chi connectivity index (χ1v) is 4.61. The smallest absolute Gasteiger partial charge is 0.134 e. The lowest BCUT2D eigenvalue weighted by atomic mass is 10.1. The molecule has 0 saturated heterocycles. The molecule has 0 saturated carbocycles. The van der Waals surface area contributed by atoms with Crippen LogP contribution in [0.3, 0.4) is 0 Å². The van der Waals surface area contributed by atoms with E-state index in [1.54, 1.807) is 6.26 Å². The highest BCUT2D eigenvalue weighted by Crippen LogP contribution is 2.20. The largest absolute Gasteiger partial charge is 0.464 e. The van der Waals surface area contributed by atoms with E-state index in [1.165, 1.54) is 0 Å². The van der Waals surface area contributed by atoms with Gasteiger partial charge in [-0.1, -0.05) is 12.1 Å². The molecule has 74 valence electrons. The zero-order valence-electron chi connectivity index (χ0n) is 8.03. The normalized spacial score (nSPS) is 13.3. The summed E-state index contributed by atoms with van der Waals surface area (Å²) < 4.78 is 5.26. The van der Waals surface area contributed by atoms with Gasteiger partial charge in [0.15, 0.2) is 0 Å². The summed E-state index contributed by atoms with van der Waals surface area (Å²) in [4.78, 5) is 0. The predicted octanol–water partition coefficient (Wildman–Crippen LogP) is 1.69. The topological polar surface area (TPSA) is 45.4 Å². The fourth-order valence-corrected chi connectivity index (χ4v) is 1.49. The summed E-state index contributed by atoms with van der Waals surface area (Å²) in [7, 11) is 1.81. The van der Waals surface area contributed by atoms with Gasteiger partial charge in [0.25, 0.3) is 0 Å². The lowest BCUT2D eigenvalue weighted by Crippen LogP contribution is -2.16. The Morgan fingerprint density at radius 2 is 2.29 bits per heavy atom. The Hall–Kier alpha value is -1.32. The van der Waals surface area contributed by atoms with Crippen LogP contribution in [-0.2, 0) is 0 Å². The maximum Gasteiger partial charge on any atom is 0.134 e. The van der Waals surface area contributed by atoms with Crippen molar-refractivity contribution in [1.29, 1.82) is 0 Å². The van der Waals surface area contributed by atoms with Crippen LogP contribution in [0.5, 0.6) is 0 Å². The number of fused-ring (bicyclic) bond motifs is 1. The Kier molecular flexibility index (Phi) is 2.52. The van der Waals surface area contributed by atoms with E-state index in [0.29, 0.717) is 6.54 Å². The van der Waals surface area contributed by atoms with Gasteiger partial charge in [-0.3, -0.25) is 0 Å². The van der Waals surface area contributed by atoms with Gasteiger partial charge in [0.2, 0.25) is 0 Å². The zero-order chi connectivity index (χ0) is 9.97. The predicted molar refractivity (Wildman–Crippen MR) is 55.1 cm³/mol. The molecule has 3 nitrogen and oxygen atoms in total. The lowest BCUT2D eigenvalue weighted by Gasteiger charge is -2.09. The summed E-state index contributed by atoms with van der Waals surface area (Å²) in [5.74, 6) is 0. The molecule has 2 aromatic rings. The number of hydrogen-bond acceptors (Lipinski definition) is 3. The number of furan rings is 1. The third-order valence-corrected chi connectivity index (χ3v) is 2.26. The first-order chi connectivity index (χ1) is 6.81. The van der Waals surface area contributed by atoms with E-state index >= 15 is 0 Å². The van der Waals surface area contributed by atoms with Crippen LogP contribution in [0.15, 0.2) is 34.9 Å². The van der Waals surface area contributed by atoms with Gasteiger partial charge in [0.05, 0.1) is 12.4 Å². The van der Waals surface area contributed by atoms with E-state index in [9.17, 15) is 5.11 Å². The summed E-state index contributed by atoms with van der Waals surface area (Å²) in [6, 6.07) is 7.65. The highest BCUT2D eigenvalue weighted by molar-refractivity contribution is 5.77. The molecular weight excluding hydrogens is 178 g/mol. The molecule has 0 aliphatic rings. The van der Waals surface area contributed by atoms with Crippen LogP contribution in [0, 0.1) is 0 Å². The number of benzene rings is 1. The number of hydrogen-bond donors (Lipinski definition) is 2. The molecule has 0 fully saturated rings. The van der Waals surface area contributed by atoms with Crippen molar-refractivity contribution in [2.24, 2.45) is 0 Å². The van der Waals surface area contributed by atoms with Crippen LogP contribution in [0.25, 0.3) is 11.0 Å². The summed E-state index contributed by atoms with van der Waals surface area (Å²) >= 11 is 0. The van der Waals surface area contributed by atoms with E-state index in [0.717, 1.165) is 16.5 Å². The van der Waals surface area contributed by atoms with Crippen LogP contribution in [0.4, 0.5) is 0 Å². The number of rotatable bonds is 3. The summed E-state index contributed by atoms with van der Waals surface area (Å²) in [5.41, 5.74) is 1.69. The molecule has 1 aromatic heterocycles. The third kappa shape index (κ3) is 1.64. The molecule has 2 N–H and O–H groups in total. The molecule has 0 bridgehead atoms. The zero-order valence-corrected chi connectivity index (χ0v) is 8.03. The van der Waals surface area contributed by atoms with E-state index in [2.05, 4.69) is 5.32 Å². The Balaban J connectivity index is 2.33. The maximum absolute atomic E-state index is 9.71. The van der Waals surface area contributed by atoms with Crippen molar-refractivity contribution >= 4 is 11.0 Å². The quantitative estimate of drug-likeness (QED) is 0.776. The van der Waals surface area contributed by atoms with Gasteiger partial charge in [0.1, 0.15) is 5.58 Å². The number of likely N-dealkylation sites (N-methyl/N-ethyl adjacent to an activating group) is 1. The van der Waals surface area contributed by atoms with Gasteiger partial charge in [-0.05, 0) is 24.7 Å². The number of aliphatic hydroxyl groups excluding tert-OH is 1. The van der Waals surface area contributed by atoms with Gasteiger partial charge >= 0.3 is 0 Å². The van der Waals surface area contributed by atoms with Crippen LogP contribution in [0.2, 0.25) is 0 Å². The molecule has 0 unspecified atom stereocenters. The van der Waals surface area contributed by atoms with E-state index in [4.69, 9.17) is 4.42 Å². The van der Waals surface area contributed by atoms with E-state index in [1.807, 2.05) is 31.3 Å². The molecule has 0 spiro atoms. The highest BCUT2D eigenvalue weighted by Gasteiger charge is 2.07. The Morgan fingerprint density at radius 1 is 1.43 bits per heavy atom. The van der Waals surface area contributed by atoms with Crippen molar-refractivity contribution in [3.05, 3.63) is 36.1 Å². The van der Waals surface area contributed by atoms with Gasteiger partial charge in [-0.25, -0.2) is 0 Å². The first-order valence-electron chi connectivity index (χ1n) is 4.61. The van der Waals surface area contributed by atoms with Crippen molar-refractivity contribution in [2.45, 2.75) is 6.10 Å². The van der Waals surface area contributed by atoms with Crippen molar-refractivity contribution in [1.82, 2.24) is 5.32 Å². The molecule has 0 aliphatic heterocycles. The van der Waals surface area contributed by atoms with Gasteiger partial charge in [-0.15, -0.1) is 0 Å². The maximum atomic E-state index is 9.71. The van der Waals surface area contributed by atoms with Crippen molar-refractivity contribution in [3.8, 4) is 0 Å². The van der Waals surface area contributed by atoms with E-state index < -0.39 is 6.10 Å². The fourth-order valence-electron chi connectivity index (χ4n) is 1.49. The average molecular weight is 191 g/mol. The molecule has 0 aliphatic carbocycles. The monoisotopic (exact) mass is 191 g/mol. The average Bonchev–Trinajstić information content (AvgIpc) is 2.64. The van der Waals surface area contributed by atoms with E-state index in [-0.39, 0.29) is 0 Å². The Morgan fingerprint density at radius 3 is 3.07 bits per heavy atom. The van der Waals surface area contributed by atoms with Crippen LogP contribution in [0.1, 0.15) is 11.7 Å². The summed E-state index contributed by atoms with van der Waals surface area (Å²) in [6.07, 6.45) is 1.17. The second kappa shape index (κ2) is 3.82. The minimum atomic E-state index is -0.477. The Labute approximate surface area is 82.3 Å². The van der Waals surface area contributed by atoms with Crippen molar-refractivity contribution in [3.63, 3.8) is 0 Å². The van der Waals surface area contributed by atoms with Crippen molar-refractivity contribution in [2.75, 3.05) is 13.6 Å². The van der Waals surface area contributed by atoms with Crippen LogP contribution < -0.4 is 5.32 Å². The molecule has 14 heavy (non-hydrogen) atoms. The second-order valence-electron chi connectivity index (χ2n) is 3.29. The Bertz CT molecular complexity index is 422. The minimum absolute atomic E-state index is 0.477. The van der Waals surface area contributed by atoms with Gasteiger partial charge in [0, 0.05) is 11.9 Å². The third-order valence-electron chi connectivity index (χ3n) is 2.26. The summed E-state index contributed by atoms with van der Waals surface area (Å²) in [6.45, 7) is 0.548. The minimum Gasteiger partial charge on any atom is -0.464 e. The van der Waals surface area contributed by atoms with Crippen LogP contribution >= 0.6 is 0 Å². The highest BCUT2D eigenvalue weighted by atomic mass is 16.3. The van der Waals surface area contributed by atoms with Gasteiger partial charge in [-0.2, -0.15) is 0 Å². The van der Waals surface area contributed by atoms with Crippen LogP contribution in [-0.4, -0.2) is 18.7 Å². The van der Waals surface area contributed by atoms with Crippen molar-refractivity contribution < 1.29 is 9.52 Å². The molecule has 1 aromatic carbocycles. The second-order valence-corrected chi connectivity index (χ2v) is 3.29. The number of nitrogens with one attached hydrogen (secondary N) is 1. The first kappa shape index (κ1) is 9.24.